The van der Waals surface area contributed by atoms with E-state index < -0.39 is 0 Å². The highest BCUT2D eigenvalue weighted by atomic mass is 15.0. The first-order valence-electron chi connectivity index (χ1n) is 16.2. The molecule has 222 valence electrons. The van der Waals surface area contributed by atoms with E-state index in [9.17, 15) is 0 Å². The molecule has 0 atom stereocenters. The number of fused-ring (bicyclic) bond motifs is 1. The maximum Gasteiger partial charge on any atom is 0.164 e. The third-order valence-corrected chi connectivity index (χ3v) is 9.48. The maximum atomic E-state index is 5.03. The molecule has 0 N–H and O–H groups in total. The Morgan fingerprint density at radius 3 is 1.61 bits per heavy atom. The Balaban J connectivity index is 1.18. The van der Waals surface area contributed by atoms with Gasteiger partial charge in [-0.3, -0.25) is 4.98 Å². The van der Waals surface area contributed by atoms with Crippen LogP contribution in [0.5, 0.6) is 0 Å². The molecule has 0 amide bonds. The SMILES string of the molecule is c1ccc(-c2nc(-c3ccc(C4(c5ccc(-c6ccccn6)cc5)CCCCC4)cc3)nc(-c3ccc4ccccc4c3)n2)cc1. The third kappa shape index (κ3) is 5.37. The molecule has 0 spiro atoms. The van der Waals surface area contributed by atoms with Crippen LogP contribution in [0.3, 0.4) is 0 Å². The summed E-state index contributed by atoms with van der Waals surface area (Å²) in [6, 6.07) is 49.1. The lowest BCUT2D eigenvalue weighted by atomic mass is 9.65. The number of hydrogen-bond donors (Lipinski definition) is 0. The normalized spacial score (nSPS) is 14.3. The van der Waals surface area contributed by atoms with Crippen molar-refractivity contribution in [1.29, 1.82) is 0 Å². The Labute approximate surface area is 269 Å². The Hall–Kier alpha value is -5.48. The molecule has 1 aliphatic rings. The topological polar surface area (TPSA) is 51.6 Å². The second kappa shape index (κ2) is 12.1. The Kier molecular flexibility index (Phi) is 7.39. The van der Waals surface area contributed by atoms with Crippen LogP contribution in [0.25, 0.3) is 56.2 Å². The van der Waals surface area contributed by atoms with E-state index in [1.165, 1.54) is 41.2 Å². The van der Waals surface area contributed by atoms with E-state index in [4.69, 9.17) is 15.0 Å². The minimum absolute atomic E-state index is 0.00994. The van der Waals surface area contributed by atoms with Gasteiger partial charge in [0.2, 0.25) is 0 Å². The lowest BCUT2D eigenvalue weighted by Crippen LogP contribution is -2.30. The van der Waals surface area contributed by atoms with Gasteiger partial charge in [0, 0.05) is 33.9 Å². The molecule has 0 aliphatic heterocycles. The van der Waals surface area contributed by atoms with Crippen LogP contribution < -0.4 is 0 Å². The largest absolute Gasteiger partial charge is 0.256 e. The average molecular weight is 595 g/mol. The molecule has 0 unspecified atom stereocenters. The van der Waals surface area contributed by atoms with Crippen molar-refractivity contribution in [3.63, 3.8) is 0 Å². The fourth-order valence-electron chi connectivity index (χ4n) is 7.01. The van der Waals surface area contributed by atoms with Gasteiger partial charge in [-0.15, -0.1) is 0 Å². The Bertz CT molecular complexity index is 2100. The van der Waals surface area contributed by atoms with Gasteiger partial charge in [0.1, 0.15) is 0 Å². The van der Waals surface area contributed by atoms with Gasteiger partial charge in [0.25, 0.3) is 0 Å². The van der Waals surface area contributed by atoms with Gasteiger partial charge in [-0.25, -0.2) is 15.0 Å². The van der Waals surface area contributed by atoms with E-state index >= 15 is 0 Å². The molecule has 7 aromatic rings. The first kappa shape index (κ1) is 28.0. The Morgan fingerprint density at radius 1 is 0.413 bits per heavy atom. The Morgan fingerprint density at radius 2 is 0.957 bits per heavy atom. The van der Waals surface area contributed by atoms with E-state index in [1.807, 2.05) is 36.5 Å². The van der Waals surface area contributed by atoms with Crippen LogP contribution in [0.4, 0.5) is 0 Å². The zero-order chi connectivity index (χ0) is 30.8. The summed E-state index contributed by atoms with van der Waals surface area (Å²) < 4.78 is 0. The molecule has 8 rings (SSSR count). The molecule has 1 saturated carbocycles. The quantitative estimate of drug-likeness (QED) is 0.192. The van der Waals surface area contributed by atoms with Gasteiger partial charge < -0.3 is 0 Å². The minimum atomic E-state index is -0.00994. The van der Waals surface area contributed by atoms with Crippen molar-refractivity contribution in [2.24, 2.45) is 0 Å². The van der Waals surface area contributed by atoms with Gasteiger partial charge >= 0.3 is 0 Å². The smallest absolute Gasteiger partial charge is 0.164 e. The van der Waals surface area contributed by atoms with Crippen LogP contribution in [0.15, 0.2) is 146 Å². The highest BCUT2D eigenvalue weighted by Gasteiger charge is 2.35. The minimum Gasteiger partial charge on any atom is -0.256 e. The van der Waals surface area contributed by atoms with Crippen LogP contribution >= 0.6 is 0 Å². The van der Waals surface area contributed by atoms with E-state index in [0.29, 0.717) is 17.5 Å². The van der Waals surface area contributed by atoms with E-state index in [2.05, 4.69) is 114 Å². The molecule has 1 aliphatic carbocycles. The molecular formula is C42H34N4. The lowest BCUT2D eigenvalue weighted by Gasteiger charge is -2.39. The van der Waals surface area contributed by atoms with Crippen LogP contribution in [-0.2, 0) is 5.41 Å². The second-order valence-electron chi connectivity index (χ2n) is 12.2. The summed E-state index contributed by atoms with van der Waals surface area (Å²) >= 11 is 0. The van der Waals surface area contributed by atoms with E-state index in [0.717, 1.165) is 40.8 Å². The van der Waals surface area contributed by atoms with Gasteiger partial charge in [0.05, 0.1) is 5.69 Å². The summed E-state index contributed by atoms with van der Waals surface area (Å²) in [5.74, 6) is 2.03. The van der Waals surface area contributed by atoms with Crippen LogP contribution in [0, 0.1) is 0 Å². The van der Waals surface area contributed by atoms with Crippen molar-refractivity contribution in [3.05, 3.63) is 157 Å². The number of aromatic nitrogens is 4. The summed E-state index contributed by atoms with van der Waals surface area (Å²) in [6.07, 6.45) is 7.89. The van der Waals surface area contributed by atoms with Crippen LogP contribution in [0.1, 0.15) is 43.2 Å². The number of rotatable bonds is 6. The molecule has 5 aromatic carbocycles. The highest BCUT2D eigenvalue weighted by Crippen LogP contribution is 2.45. The summed E-state index contributed by atoms with van der Waals surface area (Å²) in [6.45, 7) is 0. The van der Waals surface area contributed by atoms with Crippen LogP contribution in [-0.4, -0.2) is 19.9 Å². The van der Waals surface area contributed by atoms with Crippen molar-refractivity contribution in [2.75, 3.05) is 0 Å². The molecule has 4 heteroatoms. The molecular weight excluding hydrogens is 560 g/mol. The molecule has 0 radical (unpaired) electrons. The third-order valence-electron chi connectivity index (χ3n) is 9.48. The maximum absolute atomic E-state index is 5.03. The highest BCUT2D eigenvalue weighted by molar-refractivity contribution is 5.86. The second-order valence-corrected chi connectivity index (χ2v) is 12.2. The molecule has 0 bridgehead atoms. The predicted molar refractivity (Wildman–Crippen MR) is 187 cm³/mol. The molecule has 1 fully saturated rings. The van der Waals surface area contributed by atoms with Crippen molar-refractivity contribution in [1.82, 2.24) is 19.9 Å². The van der Waals surface area contributed by atoms with Crippen molar-refractivity contribution >= 4 is 10.8 Å². The van der Waals surface area contributed by atoms with Gasteiger partial charge in [-0.1, -0.05) is 141 Å². The lowest BCUT2D eigenvalue weighted by molar-refractivity contribution is 0.346. The first-order valence-corrected chi connectivity index (χ1v) is 16.2. The molecule has 2 aromatic heterocycles. The number of nitrogens with zero attached hydrogens (tertiary/aromatic N) is 4. The summed E-state index contributed by atoms with van der Waals surface area (Å²) in [5.41, 5.74) is 7.82. The number of benzene rings is 5. The van der Waals surface area contributed by atoms with Crippen molar-refractivity contribution in [3.8, 4) is 45.4 Å². The standard InChI is InChI=1S/C42H34N4/c1-3-12-32(13-4-1)39-44-40(46-41(45-39)35-17-16-30-11-5-6-14-34(30)29-35)33-20-24-37(25-21-33)42(26-8-2-9-27-42)36-22-18-31(19-23-36)38-15-7-10-28-43-38/h1,3-7,10-25,28-29H,2,8-9,26-27H2. The fraction of sp³-hybridized carbons (Fsp3) is 0.143. The predicted octanol–water partition coefficient (Wildman–Crippen LogP) is 10.3. The molecule has 2 heterocycles. The summed E-state index contributed by atoms with van der Waals surface area (Å²) in [7, 11) is 0. The molecule has 4 nitrogen and oxygen atoms in total. The van der Waals surface area contributed by atoms with Gasteiger partial charge in [-0.2, -0.15) is 0 Å². The van der Waals surface area contributed by atoms with E-state index in [1.54, 1.807) is 0 Å². The van der Waals surface area contributed by atoms with Gasteiger partial charge in [0.15, 0.2) is 17.5 Å². The zero-order valence-electron chi connectivity index (χ0n) is 25.7. The number of pyridine rings is 1. The van der Waals surface area contributed by atoms with Gasteiger partial charge in [-0.05, 0) is 52.9 Å². The van der Waals surface area contributed by atoms with E-state index in [-0.39, 0.29) is 5.41 Å². The molecule has 0 saturated heterocycles. The fourth-order valence-corrected chi connectivity index (χ4v) is 7.01. The number of hydrogen-bond acceptors (Lipinski definition) is 4. The zero-order valence-corrected chi connectivity index (χ0v) is 25.7. The average Bonchev–Trinajstić information content (AvgIpc) is 3.15. The summed E-state index contributed by atoms with van der Waals surface area (Å²) in [4.78, 5) is 19.5. The molecule has 46 heavy (non-hydrogen) atoms. The van der Waals surface area contributed by atoms with Crippen LogP contribution in [0.2, 0.25) is 0 Å². The van der Waals surface area contributed by atoms with Crippen molar-refractivity contribution in [2.45, 2.75) is 37.5 Å². The first-order chi connectivity index (χ1) is 22.7. The monoisotopic (exact) mass is 594 g/mol. The van der Waals surface area contributed by atoms with Crippen molar-refractivity contribution < 1.29 is 0 Å². The summed E-state index contributed by atoms with van der Waals surface area (Å²) in [5, 5.41) is 2.36.